The number of fused-ring (bicyclic) bond motifs is 1. The van der Waals surface area contributed by atoms with Crippen molar-refractivity contribution in [2.24, 2.45) is 5.73 Å². The topological polar surface area (TPSA) is 73.8 Å². The van der Waals surface area contributed by atoms with Gasteiger partial charge in [-0.3, -0.25) is 0 Å². The zero-order valence-electron chi connectivity index (χ0n) is 10.5. The molecule has 8 heteroatoms. The second kappa shape index (κ2) is 6.24. The minimum atomic E-state index is -0.0353. The summed E-state index contributed by atoms with van der Waals surface area (Å²) in [6.45, 7) is 0.682. The number of thioether (sulfide) groups is 1. The van der Waals surface area contributed by atoms with Gasteiger partial charge < -0.3 is 0 Å². The Kier molecular flexibility index (Phi) is 4.38. The van der Waals surface area contributed by atoms with E-state index in [1.165, 1.54) is 11.3 Å². The molecule has 2 aromatic heterocycles. The van der Waals surface area contributed by atoms with Crippen LogP contribution in [0.5, 0.6) is 0 Å². The van der Waals surface area contributed by atoms with Crippen molar-refractivity contribution in [2.45, 2.75) is 10.8 Å². The second-order valence-electron chi connectivity index (χ2n) is 4.03. The average molecular weight is 371 g/mol. The molecule has 0 radical (unpaired) electrons. The van der Waals surface area contributed by atoms with Crippen molar-refractivity contribution in [1.82, 2.24) is 13.8 Å². The standard InChI is InChI=1S/C12H12N4OS2Se/c13-6-3-7-18-12-15-14-11(19-12)16-10(17)8-4-1-2-5-9(8)20-16/h1-2,4-5H,3,6-7,13H2. The molecule has 104 valence electrons. The number of aromatic nitrogens is 3. The van der Waals surface area contributed by atoms with Crippen LogP contribution in [0.3, 0.4) is 0 Å². The van der Waals surface area contributed by atoms with Crippen LogP contribution in [-0.2, 0) is 0 Å². The third-order valence-electron chi connectivity index (χ3n) is 2.64. The predicted octanol–water partition coefficient (Wildman–Crippen LogP) is 1.34. The molecule has 0 spiro atoms. The first-order valence-corrected chi connectivity index (χ1v) is 9.50. The summed E-state index contributed by atoms with van der Waals surface area (Å²) in [7, 11) is 0. The van der Waals surface area contributed by atoms with E-state index in [9.17, 15) is 4.79 Å². The Labute approximate surface area is 129 Å². The van der Waals surface area contributed by atoms with Crippen molar-refractivity contribution in [3.05, 3.63) is 34.6 Å². The first-order valence-electron chi connectivity index (χ1n) is 6.07. The van der Waals surface area contributed by atoms with Crippen LogP contribution in [0.15, 0.2) is 33.4 Å². The second-order valence-corrected chi connectivity index (χ2v) is 8.40. The van der Waals surface area contributed by atoms with E-state index in [0.717, 1.165) is 26.2 Å². The number of hydrogen-bond acceptors (Lipinski definition) is 6. The van der Waals surface area contributed by atoms with Gasteiger partial charge in [0, 0.05) is 0 Å². The van der Waals surface area contributed by atoms with E-state index in [1.54, 1.807) is 15.3 Å². The summed E-state index contributed by atoms with van der Waals surface area (Å²) in [6.07, 6.45) is 0.956. The summed E-state index contributed by atoms with van der Waals surface area (Å²) in [5.41, 5.74) is 5.51. The molecule has 0 saturated heterocycles. The van der Waals surface area contributed by atoms with Crippen LogP contribution in [-0.4, -0.2) is 40.8 Å². The first kappa shape index (κ1) is 14.0. The van der Waals surface area contributed by atoms with Gasteiger partial charge in [0.1, 0.15) is 0 Å². The molecular formula is C12H12N4OS2Se. The molecule has 2 heterocycles. The van der Waals surface area contributed by atoms with Crippen LogP contribution in [0.25, 0.3) is 14.8 Å². The number of nitrogens with zero attached hydrogens (tertiary/aromatic N) is 3. The summed E-state index contributed by atoms with van der Waals surface area (Å²) < 4.78 is 3.76. The van der Waals surface area contributed by atoms with Gasteiger partial charge in [-0.05, 0) is 0 Å². The van der Waals surface area contributed by atoms with Crippen LogP contribution < -0.4 is 11.3 Å². The van der Waals surface area contributed by atoms with Crippen molar-refractivity contribution in [3.8, 4) is 5.13 Å². The summed E-state index contributed by atoms with van der Waals surface area (Å²) in [5, 5.41) is 9.77. The molecule has 0 saturated carbocycles. The number of hydrogen-bond donors (Lipinski definition) is 1. The molecule has 0 bridgehead atoms. The quantitative estimate of drug-likeness (QED) is 0.416. The van der Waals surface area contributed by atoms with Crippen molar-refractivity contribution in [3.63, 3.8) is 0 Å². The van der Waals surface area contributed by atoms with Crippen molar-refractivity contribution in [1.29, 1.82) is 0 Å². The molecule has 3 rings (SSSR count). The molecule has 5 nitrogen and oxygen atoms in total. The normalized spacial score (nSPS) is 11.2. The monoisotopic (exact) mass is 372 g/mol. The molecular weight excluding hydrogens is 359 g/mol. The number of rotatable bonds is 5. The van der Waals surface area contributed by atoms with Gasteiger partial charge in [-0.1, -0.05) is 0 Å². The van der Waals surface area contributed by atoms with Crippen LogP contribution >= 0.6 is 23.1 Å². The zero-order valence-corrected chi connectivity index (χ0v) is 13.8. The van der Waals surface area contributed by atoms with E-state index < -0.39 is 0 Å². The molecule has 0 atom stereocenters. The fourth-order valence-corrected chi connectivity index (χ4v) is 5.75. The third kappa shape index (κ3) is 2.75. The van der Waals surface area contributed by atoms with Crippen LogP contribution in [0.2, 0.25) is 0 Å². The first-order chi connectivity index (χ1) is 9.79. The third-order valence-corrected chi connectivity index (χ3v) is 7.28. The van der Waals surface area contributed by atoms with Crippen molar-refractivity contribution >= 4 is 47.5 Å². The zero-order chi connectivity index (χ0) is 13.9. The Morgan fingerprint density at radius 1 is 1.35 bits per heavy atom. The van der Waals surface area contributed by atoms with Crippen LogP contribution in [0.4, 0.5) is 0 Å². The maximum atomic E-state index is 12.3. The van der Waals surface area contributed by atoms with E-state index >= 15 is 0 Å². The Bertz CT molecular complexity index is 779. The Morgan fingerprint density at radius 3 is 3.00 bits per heavy atom. The molecule has 3 aromatic rings. The molecule has 0 aliphatic rings. The van der Waals surface area contributed by atoms with Gasteiger partial charge in [0.2, 0.25) is 0 Å². The SMILES string of the molecule is NCCCSc1nnc(-n2[se]c3ccccc3c2=O)s1. The summed E-state index contributed by atoms with van der Waals surface area (Å²) >= 11 is 3.08. The molecule has 0 amide bonds. The van der Waals surface area contributed by atoms with E-state index in [4.69, 9.17) is 5.73 Å². The Morgan fingerprint density at radius 2 is 2.20 bits per heavy atom. The van der Waals surface area contributed by atoms with Crippen LogP contribution in [0.1, 0.15) is 6.42 Å². The van der Waals surface area contributed by atoms with Crippen molar-refractivity contribution in [2.75, 3.05) is 12.3 Å². The summed E-state index contributed by atoms with van der Waals surface area (Å²) in [4.78, 5) is 12.3. The Hall–Kier alpha value is -0.921. The van der Waals surface area contributed by atoms with Gasteiger partial charge in [0.15, 0.2) is 0 Å². The van der Waals surface area contributed by atoms with Gasteiger partial charge in [-0.2, -0.15) is 0 Å². The fraction of sp³-hybridized carbons (Fsp3) is 0.250. The van der Waals surface area contributed by atoms with Gasteiger partial charge in [0.05, 0.1) is 0 Å². The summed E-state index contributed by atoms with van der Waals surface area (Å²) in [6, 6.07) is 7.73. The molecule has 1 aromatic carbocycles. The van der Waals surface area contributed by atoms with Gasteiger partial charge in [0.25, 0.3) is 0 Å². The predicted molar refractivity (Wildman–Crippen MR) is 84.3 cm³/mol. The van der Waals surface area contributed by atoms with Crippen molar-refractivity contribution < 1.29 is 0 Å². The molecule has 20 heavy (non-hydrogen) atoms. The van der Waals surface area contributed by atoms with Gasteiger partial charge in [-0.15, -0.1) is 0 Å². The van der Waals surface area contributed by atoms with Gasteiger partial charge >= 0.3 is 130 Å². The van der Waals surface area contributed by atoms with E-state index in [-0.39, 0.29) is 20.3 Å². The number of benzene rings is 1. The van der Waals surface area contributed by atoms with E-state index in [2.05, 4.69) is 10.2 Å². The molecule has 2 N–H and O–H groups in total. The van der Waals surface area contributed by atoms with Gasteiger partial charge in [-0.25, -0.2) is 0 Å². The fourth-order valence-electron chi connectivity index (χ4n) is 1.68. The minimum absolute atomic E-state index is 0.0353. The average Bonchev–Trinajstić information content (AvgIpc) is 3.05. The maximum absolute atomic E-state index is 12.3. The Balaban J connectivity index is 1.91. The molecule has 0 unspecified atom stereocenters. The van der Waals surface area contributed by atoms with E-state index in [1.807, 2.05) is 24.3 Å². The van der Waals surface area contributed by atoms with E-state index in [0.29, 0.717) is 11.7 Å². The molecule has 0 aliphatic heterocycles. The number of nitrogens with two attached hydrogens (primary N) is 1. The molecule has 0 fully saturated rings. The summed E-state index contributed by atoms with van der Waals surface area (Å²) in [5.74, 6) is 0.935. The van der Waals surface area contributed by atoms with Crippen LogP contribution in [0, 0.1) is 0 Å². The molecule has 0 aliphatic carbocycles.